The van der Waals surface area contributed by atoms with E-state index in [1.807, 2.05) is 0 Å². The van der Waals surface area contributed by atoms with Crippen LogP contribution >= 0.6 is 0 Å². The number of hydrogen-bond donors (Lipinski definition) is 0. The van der Waals surface area contributed by atoms with Crippen molar-refractivity contribution in [3.63, 3.8) is 0 Å². The van der Waals surface area contributed by atoms with Crippen molar-refractivity contribution in [2.45, 2.75) is 6.42 Å². The van der Waals surface area contributed by atoms with Crippen LogP contribution < -0.4 is 0 Å². The molecule has 116 valence electrons. The molecule has 0 aliphatic carbocycles. The third kappa shape index (κ3) is 3.84. The lowest BCUT2D eigenvalue weighted by Crippen LogP contribution is -2.08. The molecule has 0 spiro atoms. The fraction of sp³-hybridized carbons (Fsp3) is 0.0556. The summed E-state index contributed by atoms with van der Waals surface area (Å²) in [6.07, 6.45) is -0.193. The zero-order valence-corrected chi connectivity index (χ0v) is 11.9. The largest absolute Gasteiger partial charge is 0.285 e. The van der Waals surface area contributed by atoms with Crippen LogP contribution in [0.4, 0.5) is 13.2 Å². The fourth-order valence-corrected chi connectivity index (χ4v) is 1.95. The van der Waals surface area contributed by atoms with Crippen molar-refractivity contribution in [3.8, 4) is 0 Å². The highest BCUT2D eigenvalue weighted by Crippen LogP contribution is 2.26. The van der Waals surface area contributed by atoms with Crippen molar-refractivity contribution in [1.82, 2.24) is 0 Å². The lowest BCUT2D eigenvalue weighted by atomic mass is 10.0. The Morgan fingerprint density at radius 1 is 0.957 bits per heavy atom. The van der Waals surface area contributed by atoms with Crippen molar-refractivity contribution in [2.75, 3.05) is 0 Å². The van der Waals surface area contributed by atoms with E-state index in [2.05, 4.69) is 0 Å². The van der Waals surface area contributed by atoms with Crippen molar-refractivity contribution < 1.29 is 22.8 Å². The van der Waals surface area contributed by atoms with E-state index in [4.69, 9.17) is 0 Å². The second kappa shape index (κ2) is 7.38. The van der Waals surface area contributed by atoms with Gasteiger partial charge in [-0.3, -0.25) is 4.79 Å². The molecule has 0 N–H and O–H groups in total. The van der Waals surface area contributed by atoms with Crippen LogP contribution in [0.25, 0.3) is 5.83 Å². The van der Waals surface area contributed by atoms with Crippen molar-refractivity contribution in [1.29, 1.82) is 0 Å². The number of rotatable bonds is 5. The van der Waals surface area contributed by atoms with E-state index >= 15 is 0 Å². The molecule has 5 heteroatoms. The van der Waals surface area contributed by atoms with Crippen LogP contribution in [0.15, 0.2) is 66.0 Å². The lowest BCUT2D eigenvalue weighted by Gasteiger charge is -2.04. The number of benzene rings is 2. The van der Waals surface area contributed by atoms with Gasteiger partial charge in [0.05, 0.1) is 5.57 Å². The van der Waals surface area contributed by atoms with Gasteiger partial charge < -0.3 is 0 Å². The van der Waals surface area contributed by atoms with Crippen molar-refractivity contribution in [2.24, 2.45) is 0 Å². The van der Waals surface area contributed by atoms with E-state index in [0.29, 0.717) is 5.56 Å². The number of hydrogen-bond acceptors (Lipinski definition) is 2. The Kier molecular flexibility index (Phi) is 5.28. The fourth-order valence-electron chi connectivity index (χ4n) is 1.95. The van der Waals surface area contributed by atoms with Gasteiger partial charge in [-0.15, -0.1) is 0 Å². The van der Waals surface area contributed by atoms with Gasteiger partial charge in [0.25, 0.3) is 0 Å². The van der Waals surface area contributed by atoms with E-state index < -0.39 is 34.4 Å². The molecule has 0 aliphatic heterocycles. The maximum Gasteiger partial charge on any atom is 0.231 e. The Morgan fingerprint density at radius 2 is 1.57 bits per heavy atom. The van der Waals surface area contributed by atoms with Crippen LogP contribution in [0.1, 0.15) is 11.1 Å². The normalized spacial score (nSPS) is 11.4. The molecular formula is C18H11F3O2. The number of allylic oxidation sites excluding steroid dienone is 2. The molecule has 0 amide bonds. The Hall–Kier alpha value is -2.91. The van der Waals surface area contributed by atoms with Gasteiger partial charge in [-0.1, -0.05) is 42.5 Å². The zero-order chi connectivity index (χ0) is 16.8. The van der Waals surface area contributed by atoms with Crippen molar-refractivity contribution in [3.05, 3.63) is 82.9 Å². The molecule has 0 aliphatic rings. The van der Waals surface area contributed by atoms with Crippen molar-refractivity contribution >= 4 is 17.6 Å². The number of Topliss-reactive ketones (excluding diaryl/α,β-unsaturated/α-hetero) is 1. The first kappa shape index (κ1) is 16.5. The highest BCUT2D eigenvalue weighted by atomic mass is 19.2. The second-order valence-corrected chi connectivity index (χ2v) is 4.68. The van der Waals surface area contributed by atoms with Gasteiger partial charge in [-0.25, -0.2) is 13.6 Å². The average molecular weight is 316 g/mol. The summed E-state index contributed by atoms with van der Waals surface area (Å²) >= 11 is 0. The number of ketones is 1. The zero-order valence-electron chi connectivity index (χ0n) is 11.9. The second-order valence-electron chi connectivity index (χ2n) is 4.68. The summed E-state index contributed by atoms with van der Waals surface area (Å²) in [5, 5.41) is 0. The van der Waals surface area contributed by atoms with Crippen LogP contribution in [0, 0.1) is 5.82 Å². The molecule has 0 unspecified atom stereocenters. The minimum atomic E-state index is -1.82. The summed E-state index contributed by atoms with van der Waals surface area (Å²) < 4.78 is 41.4. The number of carbonyl (C=O) groups is 1. The monoisotopic (exact) mass is 316 g/mol. The van der Waals surface area contributed by atoms with Gasteiger partial charge in [0.1, 0.15) is 11.8 Å². The van der Waals surface area contributed by atoms with Gasteiger partial charge in [-0.05, 0) is 17.7 Å². The van der Waals surface area contributed by atoms with E-state index in [1.54, 1.807) is 30.3 Å². The third-order valence-corrected chi connectivity index (χ3v) is 3.12. The van der Waals surface area contributed by atoms with Gasteiger partial charge in [0.2, 0.25) is 11.6 Å². The Balaban J connectivity index is 2.32. The molecule has 0 fully saturated rings. The quantitative estimate of drug-likeness (QED) is 0.617. The minimum Gasteiger partial charge on any atom is -0.285 e. The standard InChI is InChI=1S/C18H11F3O2/c19-15-9-5-4-8-14(15)16(20)17(21)18(23)13(11-22)10-12-6-2-1-3-7-12/h1-9H,10H2/b17-16+. The number of carbonyl (C=O) groups excluding carboxylic acids is 2. The van der Waals surface area contributed by atoms with E-state index in [0.717, 1.165) is 12.1 Å². The molecule has 0 saturated heterocycles. The van der Waals surface area contributed by atoms with Crippen LogP contribution in [-0.2, 0) is 16.0 Å². The summed E-state index contributed by atoms with van der Waals surface area (Å²) in [6, 6.07) is 12.9. The Labute approximate surface area is 130 Å². The first-order valence-electron chi connectivity index (χ1n) is 6.67. The Bertz CT molecular complexity index is 804. The molecule has 0 aromatic heterocycles. The summed E-state index contributed by atoms with van der Waals surface area (Å²) in [4.78, 5) is 22.8. The topological polar surface area (TPSA) is 34.1 Å². The molecule has 2 aromatic rings. The molecule has 0 atom stereocenters. The van der Waals surface area contributed by atoms with E-state index in [-0.39, 0.29) is 6.42 Å². The molecule has 23 heavy (non-hydrogen) atoms. The molecule has 0 saturated carbocycles. The van der Waals surface area contributed by atoms with Crippen LogP contribution in [0.5, 0.6) is 0 Å². The molecule has 2 aromatic carbocycles. The predicted octanol–water partition coefficient (Wildman–Crippen LogP) is 4.00. The van der Waals surface area contributed by atoms with E-state index in [1.165, 1.54) is 18.1 Å². The maximum atomic E-state index is 14.0. The molecule has 2 nitrogen and oxygen atoms in total. The smallest absolute Gasteiger partial charge is 0.231 e. The number of halogens is 3. The third-order valence-electron chi connectivity index (χ3n) is 3.12. The summed E-state index contributed by atoms with van der Waals surface area (Å²) in [5.74, 6) is -4.57. The summed E-state index contributed by atoms with van der Waals surface area (Å²) in [5.41, 5.74) is -0.679. The van der Waals surface area contributed by atoms with Crippen LogP contribution in [-0.4, -0.2) is 11.7 Å². The summed E-state index contributed by atoms with van der Waals surface area (Å²) in [7, 11) is 0. The van der Waals surface area contributed by atoms with E-state index in [9.17, 15) is 22.8 Å². The average Bonchev–Trinajstić information content (AvgIpc) is 2.59. The highest BCUT2D eigenvalue weighted by Gasteiger charge is 2.23. The molecular weight excluding hydrogens is 305 g/mol. The van der Waals surface area contributed by atoms with Gasteiger partial charge >= 0.3 is 0 Å². The first-order valence-corrected chi connectivity index (χ1v) is 6.67. The SMILES string of the molecule is O=C=C(Cc1ccccc1)C(=O)/C(F)=C(\F)c1ccccc1F. The van der Waals surface area contributed by atoms with Crippen LogP contribution in [0.2, 0.25) is 0 Å². The molecule has 0 heterocycles. The Morgan fingerprint density at radius 3 is 2.17 bits per heavy atom. The van der Waals surface area contributed by atoms with Gasteiger partial charge in [0.15, 0.2) is 5.83 Å². The van der Waals surface area contributed by atoms with Gasteiger partial charge in [0, 0.05) is 12.0 Å². The maximum absolute atomic E-state index is 14.0. The van der Waals surface area contributed by atoms with Gasteiger partial charge in [-0.2, -0.15) is 4.39 Å². The highest BCUT2D eigenvalue weighted by molar-refractivity contribution is 6.14. The summed E-state index contributed by atoms with van der Waals surface area (Å²) in [6.45, 7) is 0. The predicted molar refractivity (Wildman–Crippen MR) is 79.9 cm³/mol. The molecule has 0 radical (unpaired) electrons. The molecule has 0 bridgehead atoms. The minimum absolute atomic E-state index is 0.193. The lowest BCUT2D eigenvalue weighted by molar-refractivity contribution is -0.113. The molecule has 2 rings (SSSR count). The van der Waals surface area contributed by atoms with Crippen LogP contribution in [0.3, 0.4) is 0 Å². The first-order chi connectivity index (χ1) is 11.0.